The zero-order chi connectivity index (χ0) is 21.3. The van der Waals surface area contributed by atoms with Gasteiger partial charge in [-0.2, -0.15) is 18.4 Å². The van der Waals surface area contributed by atoms with Gasteiger partial charge in [-0.25, -0.2) is 4.99 Å². The highest BCUT2D eigenvalue weighted by Crippen LogP contribution is 2.43. The largest absolute Gasteiger partial charge is 0.493 e. The molecule has 1 N–H and O–H groups in total. The van der Waals surface area contributed by atoms with Crippen molar-refractivity contribution in [2.24, 2.45) is 10.9 Å². The molecule has 0 saturated carbocycles. The third-order valence-corrected chi connectivity index (χ3v) is 4.28. The van der Waals surface area contributed by atoms with Crippen LogP contribution in [0.15, 0.2) is 17.1 Å². The average molecular weight is 399 g/mol. The fourth-order valence-electron chi connectivity index (χ4n) is 2.88. The number of rotatable bonds is 5. The lowest BCUT2D eigenvalue weighted by molar-refractivity contribution is -0.197. The lowest BCUT2D eigenvalue weighted by Gasteiger charge is -2.32. The summed E-state index contributed by atoms with van der Waals surface area (Å²) in [6.45, 7) is 1.12. The Labute approximate surface area is 157 Å². The van der Waals surface area contributed by atoms with Gasteiger partial charge in [0.05, 0.1) is 27.4 Å². The van der Waals surface area contributed by atoms with E-state index < -0.39 is 29.4 Å². The van der Waals surface area contributed by atoms with Crippen LogP contribution in [0.4, 0.5) is 13.2 Å². The van der Waals surface area contributed by atoms with E-state index in [9.17, 15) is 28.0 Å². The molecule has 2 atom stereocenters. The summed E-state index contributed by atoms with van der Waals surface area (Å²) in [5.41, 5.74) is -4.12. The molecule has 0 saturated heterocycles. The number of nitrogens with one attached hydrogen (secondary N) is 1. The Morgan fingerprint density at radius 2 is 1.75 bits per heavy atom. The molecule has 11 heteroatoms. The van der Waals surface area contributed by atoms with Crippen LogP contribution in [0, 0.1) is 17.2 Å². The molecule has 2 amide bonds. The molecule has 1 aliphatic rings. The second-order valence-corrected chi connectivity index (χ2v) is 5.79. The van der Waals surface area contributed by atoms with Crippen molar-refractivity contribution in [1.29, 1.82) is 5.26 Å². The summed E-state index contributed by atoms with van der Waals surface area (Å²) >= 11 is 0. The van der Waals surface area contributed by atoms with Gasteiger partial charge in [-0.3, -0.25) is 9.59 Å². The monoisotopic (exact) mass is 399 g/mol. The van der Waals surface area contributed by atoms with Crippen LogP contribution < -0.4 is 19.5 Å². The molecule has 0 aliphatic carbocycles. The predicted octanol–water partition coefficient (Wildman–Crippen LogP) is 1.88. The zero-order valence-electron chi connectivity index (χ0n) is 15.3. The molecule has 1 aliphatic heterocycles. The number of halogens is 3. The third-order valence-electron chi connectivity index (χ3n) is 4.28. The lowest BCUT2D eigenvalue weighted by Crippen LogP contribution is -2.66. The molecule has 1 heterocycles. The van der Waals surface area contributed by atoms with E-state index >= 15 is 0 Å². The molecule has 2 rings (SSSR count). The van der Waals surface area contributed by atoms with Crippen LogP contribution in [0.25, 0.3) is 0 Å². The predicted molar refractivity (Wildman–Crippen MR) is 89.6 cm³/mol. The van der Waals surface area contributed by atoms with Crippen molar-refractivity contribution in [3.05, 3.63) is 17.7 Å². The van der Waals surface area contributed by atoms with Crippen LogP contribution in [-0.2, 0) is 4.79 Å². The SMILES string of the molecule is COc1cc(C(=O)NC2(C(F)(F)F)C(=O)N=C(C)C2C#N)cc(OC)c1OC. The molecule has 0 aromatic heterocycles. The van der Waals surface area contributed by atoms with Gasteiger partial charge in [0, 0.05) is 11.3 Å². The number of nitriles is 1. The summed E-state index contributed by atoms with van der Waals surface area (Å²) in [6.07, 6.45) is -5.26. The maximum Gasteiger partial charge on any atom is 0.422 e. The van der Waals surface area contributed by atoms with Crippen LogP contribution in [0.2, 0.25) is 0 Å². The number of benzene rings is 1. The smallest absolute Gasteiger partial charge is 0.422 e. The van der Waals surface area contributed by atoms with Crippen molar-refractivity contribution in [1.82, 2.24) is 5.32 Å². The quantitative estimate of drug-likeness (QED) is 0.810. The number of nitrogens with zero attached hydrogens (tertiary/aromatic N) is 2. The summed E-state index contributed by atoms with van der Waals surface area (Å²) < 4.78 is 56.7. The topological polar surface area (TPSA) is 110 Å². The standard InChI is InChI=1S/C17H16F3N3O5/c1-8-10(7-21)16(15(25)22-8,17(18,19)20)23-14(24)9-5-11(26-2)13(28-4)12(6-9)27-3/h5-6,10H,1-4H3,(H,23,24). The molecule has 8 nitrogen and oxygen atoms in total. The zero-order valence-corrected chi connectivity index (χ0v) is 15.3. The first-order valence-electron chi connectivity index (χ1n) is 7.75. The van der Waals surface area contributed by atoms with E-state index in [4.69, 9.17) is 14.2 Å². The van der Waals surface area contributed by atoms with Gasteiger partial charge in [-0.05, 0) is 19.1 Å². The Morgan fingerprint density at radius 1 is 1.21 bits per heavy atom. The van der Waals surface area contributed by atoms with E-state index in [1.165, 1.54) is 27.4 Å². The van der Waals surface area contributed by atoms with Gasteiger partial charge in [0.1, 0.15) is 5.92 Å². The fourth-order valence-corrected chi connectivity index (χ4v) is 2.88. The molecule has 0 fully saturated rings. The molecule has 1 aromatic rings. The number of ether oxygens (including phenoxy) is 3. The second kappa shape index (κ2) is 7.38. The van der Waals surface area contributed by atoms with Crippen molar-refractivity contribution < 1.29 is 37.0 Å². The van der Waals surface area contributed by atoms with E-state index in [-0.39, 0.29) is 28.5 Å². The number of methoxy groups -OCH3 is 3. The molecule has 0 spiro atoms. The number of carbonyl (C=O) groups excluding carboxylic acids is 2. The van der Waals surface area contributed by atoms with Gasteiger partial charge < -0.3 is 19.5 Å². The maximum atomic E-state index is 13.8. The first kappa shape index (κ1) is 21.0. The number of hydrogen-bond donors (Lipinski definition) is 1. The first-order valence-corrected chi connectivity index (χ1v) is 7.75. The van der Waals surface area contributed by atoms with Gasteiger partial charge >= 0.3 is 6.18 Å². The molecular weight excluding hydrogens is 383 g/mol. The summed E-state index contributed by atoms with van der Waals surface area (Å²) in [7, 11) is 3.84. The number of alkyl halides is 3. The van der Waals surface area contributed by atoms with Crippen molar-refractivity contribution in [2.75, 3.05) is 21.3 Å². The average Bonchev–Trinajstić information content (AvgIpc) is 2.89. The van der Waals surface area contributed by atoms with Crippen molar-refractivity contribution in [2.45, 2.75) is 18.6 Å². The molecule has 150 valence electrons. The van der Waals surface area contributed by atoms with Crippen LogP contribution in [0.1, 0.15) is 17.3 Å². The molecule has 28 heavy (non-hydrogen) atoms. The molecular formula is C17H16F3N3O5. The Morgan fingerprint density at radius 3 is 2.14 bits per heavy atom. The third kappa shape index (κ3) is 3.11. The summed E-state index contributed by atoms with van der Waals surface area (Å²) in [6, 6.07) is 3.65. The lowest BCUT2D eigenvalue weighted by atomic mass is 9.83. The minimum atomic E-state index is -5.26. The highest BCUT2D eigenvalue weighted by Gasteiger charge is 2.69. The number of hydrogen-bond acceptors (Lipinski definition) is 6. The minimum absolute atomic E-state index is 0.0232. The van der Waals surface area contributed by atoms with Crippen molar-refractivity contribution in [3.63, 3.8) is 0 Å². The van der Waals surface area contributed by atoms with E-state index in [1.54, 1.807) is 5.32 Å². The van der Waals surface area contributed by atoms with E-state index in [0.29, 0.717) is 0 Å². The Kier molecular flexibility index (Phi) is 5.54. The van der Waals surface area contributed by atoms with Gasteiger partial charge in [0.15, 0.2) is 11.5 Å². The maximum absolute atomic E-state index is 13.8. The summed E-state index contributed by atoms with van der Waals surface area (Å²) in [5.74, 6) is -4.76. The highest BCUT2D eigenvalue weighted by atomic mass is 19.4. The Bertz CT molecular complexity index is 866. The van der Waals surface area contributed by atoms with Gasteiger partial charge in [-0.15, -0.1) is 0 Å². The van der Waals surface area contributed by atoms with Gasteiger partial charge in [0.2, 0.25) is 11.3 Å². The summed E-state index contributed by atoms with van der Waals surface area (Å²) in [5, 5.41) is 10.8. The van der Waals surface area contributed by atoms with Crippen LogP contribution in [-0.4, -0.2) is 50.6 Å². The van der Waals surface area contributed by atoms with E-state index in [2.05, 4.69) is 4.99 Å². The fraction of sp³-hybridized carbons (Fsp3) is 0.412. The molecule has 0 radical (unpaired) electrons. The summed E-state index contributed by atoms with van der Waals surface area (Å²) in [4.78, 5) is 28.0. The van der Waals surface area contributed by atoms with Gasteiger partial charge in [0.25, 0.3) is 11.8 Å². The number of aliphatic imine (C=N–C) groups is 1. The van der Waals surface area contributed by atoms with Gasteiger partial charge in [-0.1, -0.05) is 0 Å². The molecule has 0 bridgehead atoms. The molecule has 1 aromatic carbocycles. The van der Waals surface area contributed by atoms with Crippen LogP contribution in [0.3, 0.4) is 0 Å². The highest BCUT2D eigenvalue weighted by molar-refractivity contribution is 6.13. The van der Waals surface area contributed by atoms with Crippen LogP contribution >= 0.6 is 0 Å². The van der Waals surface area contributed by atoms with Crippen LogP contribution in [0.5, 0.6) is 17.2 Å². The first-order chi connectivity index (χ1) is 13.1. The molecule has 2 unspecified atom stereocenters. The normalized spacial score (nSPS) is 21.6. The number of carbonyl (C=O) groups is 2. The second-order valence-electron chi connectivity index (χ2n) is 5.79. The number of amides is 2. The minimum Gasteiger partial charge on any atom is -0.493 e. The Hall–Kier alpha value is -3.29. The van der Waals surface area contributed by atoms with Crippen molar-refractivity contribution >= 4 is 17.5 Å². The van der Waals surface area contributed by atoms with Crippen molar-refractivity contribution in [3.8, 4) is 23.3 Å². The van der Waals surface area contributed by atoms with E-state index in [1.807, 2.05) is 0 Å². The Balaban J connectivity index is 2.55. The van der Waals surface area contributed by atoms with E-state index in [0.717, 1.165) is 19.1 Å².